The predicted molar refractivity (Wildman–Crippen MR) is 148 cm³/mol. The number of para-hydroxylation sites is 1. The minimum absolute atomic E-state index is 0.534. The Morgan fingerprint density at radius 1 is 0.973 bits per heavy atom. The number of anilines is 1. The van der Waals surface area contributed by atoms with E-state index in [0.29, 0.717) is 34.7 Å². The van der Waals surface area contributed by atoms with E-state index in [-0.39, 0.29) is 0 Å². The van der Waals surface area contributed by atoms with E-state index in [1.54, 1.807) is 14.2 Å². The number of methoxy groups -OCH3 is 2. The molecule has 194 valence electrons. The van der Waals surface area contributed by atoms with Crippen molar-refractivity contribution in [3.63, 3.8) is 0 Å². The van der Waals surface area contributed by atoms with E-state index in [1.807, 2.05) is 70.7 Å². The number of aromatic nitrogens is 5. The van der Waals surface area contributed by atoms with E-state index in [2.05, 4.69) is 39.9 Å². The van der Waals surface area contributed by atoms with Crippen LogP contribution in [-0.2, 0) is 6.42 Å². The molecule has 0 saturated heterocycles. The third kappa shape index (κ3) is 5.91. The molecule has 0 aliphatic rings. The molecule has 1 N–H and O–H groups in total. The van der Waals surface area contributed by atoms with Gasteiger partial charge in [0.2, 0.25) is 11.8 Å². The van der Waals surface area contributed by atoms with Gasteiger partial charge in [-0.2, -0.15) is 5.10 Å². The van der Waals surface area contributed by atoms with Crippen LogP contribution in [0.15, 0.2) is 65.2 Å². The summed E-state index contributed by atoms with van der Waals surface area (Å²) < 4.78 is 24.2. The molecule has 1 aromatic carbocycles. The summed E-state index contributed by atoms with van der Waals surface area (Å²) in [5.74, 6) is 4.50. The van der Waals surface area contributed by atoms with Gasteiger partial charge >= 0.3 is 0 Å². The van der Waals surface area contributed by atoms with Gasteiger partial charge in [-0.25, -0.2) is 4.52 Å². The smallest absolute Gasteiger partial charge is 0.239 e. The maximum absolute atomic E-state index is 5.85. The zero-order chi connectivity index (χ0) is 26.2. The topological polar surface area (TPSA) is 91.6 Å². The molecule has 4 aromatic heterocycles. The van der Waals surface area contributed by atoms with E-state index in [9.17, 15) is 0 Å². The molecule has 0 aliphatic carbocycles. The number of benzene rings is 1. The Morgan fingerprint density at radius 3 is 2.38 bits per heavy atom. The average Bonchev–Trinajstić information content (AvgIpc) is 3.64. The first-order chi connectivity index (χ1) is 18.1. The molecule has 0 aliphatic heterocycles. The lowest BCUT2D eigenvalue weighted by Gasteiger charge is -2.16. The number of nitrogens with zero attached hydrogens (tertiary/aromatic N) is 5. The van der Waals surface area contributed by atoms with Crippen LogP contribution in [0.4, 0.5) is 5.95 Å². The third-order valence-electron chi connectivity index (χ3n) is 5.29. The maximum Gasteiger partial charge on any atom is 0.239 e. The van der Waals surface area contributed by atoms with Gasteiger partial charge < -0.3 is 13.9 Å². The van der Waals surface area contributed by atoms with E-state index in [1.165, 1.54) is 18.4 Å². The summed E-state index contributed by atoms with van der Waals surface area (Å²) in [4.78, 5) is 0. The summed E-state index contributed by atoms with van der Waals surface area (Å²) in [5, 5.41) is 13.4. The van der Waals surface area contributed by atoms with Crippen LogP contribution in [0.3, 0.4) is 0 Å². The van der Waals surface area contributed by atoms with Gasteiger partial charge in [-0.1, -0.05) is 32.4 Å². The number of fused-ring (bicyclic) bond motifs is 1. The molecular formula is C27H32N6O3S. The van der Waals surface area contributed by atoms with Gasteiger partial charge in [0.05, 0.1) is 25.4 Å². The summed E-state index contributed by atoms with van der Waals surface area (Å²) in [5.41, 5.74) is 2.79. The number of pyridine rings is 1. The fourth-order valence-electron chi connectivity index (χ4n) is 3.71. The Balaban J connectivity index is 0.00000102. The zero-order valence-corrected chi connectivity index (χ0v) is 22.6. The second kappa shape index (κ2) is 12.4. The number of hydrogen-bond donors (Lipinski definition) is 1. The quantitative estimate of drug-likeness (QED) is 0.181. The van der Waals surface area contributed by atoms with Gasteiger partial charge in [-0.3, -0.25) is 9.29 Å². The SMILES string of the molecule is CCC.COc1cccc(OC)c1-n1c(NSCCc2cc3ccccn3n2)nnc1-c1ccc(C)o1. The van der Waals surface area contributed by atoms with Crippen molar-refractivity contribution in [1.82, 2.24) is 24.4 Å². The minimum Gasteiger partial charge on any atom is -0.494 e. The van der Waals surface area contributed by atoms with Crippen LogP contribution >= 0.6 is 11.9 Å². The highest BCUT2D eigenvalue weighted by atomic mass is 32.2. The van der Waals surface area contributed by atoms with Crippen molar-refractivity contribution >= 4 is 23.4 Å². The largest absolute Gasteiger partial charge is 0.494 e. The number of hydrogen-bond acceptors (Lipinski definition) is 8. The second-order valence-electron chi connectivity index (χ2n) is 8.22. The van der Waals surface area contributed by atoms with Crippen molar-refractivity contribution < 1.29 is 13.9 Å². The number of ether oxygens (including phenoxy) is 2. The van der Waals surface area contributed by atoms with E-state index in [4.69, 9.17) is 13.9 Å². The highest BCUT2D eigenvalue weighted by Crippen LogP contribution is 2.38. The van der Waals surface area contributed by atoms with Crippen molar-refractivity contribution in [2.75, 3.05) is 24.7 Å². The van der Waals surface area contributed by atoms with Crippen LogP contribution in [-0.4, -0.2) is 44.4 Å². The highest BCUT2D eigenvalue weighted by Gasteiger charge is 2.24. The first-order valence-corrected chi connectivity index (χ1v) is 13.1. The second-order valence-corrected chi connectivity index (χ2v) is 9.12. The molecule has 0 fully saturated rings. The number of aryl methyl sites for hydroxylation is 2. The summed E-state index contributed by atoms with van der Waals surface area (Å²) in [6.07, 6.45) is 4.00. The molecule has 37 heavy (non-hydrogen) atoms. The fourth-order valence-corrected chi connectivity index (χ4v) is 4.39. The van der Waals surface area contributed by atoms with Crippen LogP contribution in [0.2, 0.25) is 0 Å². The van der Waals surface area contributed by atoms with Crippen LogP contribution in [0, 0.1) is 6.92 Å². The molecule has 10 heteroatoms. The molecule has 0 radical (unpaired) electrons. The molecular weight excluding hydrogens is 488 g/mol. The lowest BCUT2D eigenvalue weighted by atomic mass is 10.2. The summed E-state index contributed by atoms with van der Waals surface area (Å²) >= 11 is 1.53. The Labute approximate surface area is 220 Å². The molecule has 5 rings (SSSR count). The highest BCUT2D eigenvalue weighted by molar-refractivity contribution is 8.00. The van der Waals surface area contributed by atoms with E-state index >= 15 is 0 Å². The monoisotopic (exact) mass is 520 g/mol. The van der Waals surface area contributed by atoms with Gasteiger partial charge in [-0.15, -0.1) is 10.2 Å². The standard InChI is InChI=1S/C24H24N6O3S.C3H8/c1-16-10-11-21(33-16)23-25-26-24(30(23)22-19(31-2)8-6-9-20(22)32-3)28-34-14-12-17-15-18-7-4-5-13-29(18)27-17;1-3-2/h4-11,13,15H,12,14H2,1-3H3,(H,26,28);3H2,1-2H3. The van der Waals surface area contributed by atoms with Crippen molar-refractivity contribution in [2.45, 2.75) is 33.6 Å². The molecule has 4 heterocycles. The summed E-state index contributed by atoms with van der Waals surface area (Å²) in [6.45, 7) is 6.14. The average molecular weight is 521 g/mol. The van der Waals surface area contributed by atoms with Crippen molar-refractivity contribution in [1.29, 1.82) is 0 Å². The summed E-state index contributed by atoms with van der Waals surface area (Å²) in [7, 11) is 3.24. The van der Waals surface area contributed by atoms with E-state index in [0.717, 1.165) is 29.1 Å². The van der Waals surface area contributed by atoms with Gasteiger partial charge in [0.1, 0.15) is 22.9 Å². The lowest BCUT2D eigenvalue weighted by Crippen LogP contribution is -2.07. The first kappa shape index (κ1) is 26.2. The first-order valence-electron chi connectivity index (χ1n) is 12.1. The minimum atomic E-state index is 0.534. The van der Waals surface area contributed by atoms with E-state index < -0.39 is 0 Å². The van der Waals surface area contributed by atoms with Gasteiger partial charge in [0, 0.05) is 18.4 Å². The molecule has 5 aromatic rings. The van der Waals surface area contributed by atoms with Crippen LogP contribution in [0.5, 0.6) is 11.5 Å². The number of furan rings is 1. The zero-order valence-electron chi connectivity index (χ0n) is 21.8. The Morgan fingerprint density at radius 2 is 1.73 bits per heavy atom. The molecule has 0 saturated carbocycles. The van der Waals surface area contributed by atoms with Crippen LogP contribution in [0.25, 0.3) is 22.8 Å². The Hall–Kier alpha value is -3.92. The summed E-state index contributed by atoms with van der Waals surface area (Å²) in [6, 6.07) is 17.5. The van der Waals surface area contributed by atoms with Crippen LogP contribution in [0.1, 0.15) is 31.7 Å². The number of rotatable bonds is 9. The van der Waals surface area contributed by atoms with Crippen LogP contribution < -0.4 is 14.2 Å². The molecule has 0 unspecified atom stereocenters. The molecule has 0 spiro atoms. The molecule has 0 atom stereocenters. The number of nitrogens with one attached hydrogen (secondary N) is 1. The van der Waals surface area contributed by atoms with Gasteiger partial charge in [0.25, 0.3) is 0 Å². The van der Waals surface area contributed by atoms with Crippen molar-refractivity contribution in [2.24, 2.45) is 0 Å². The Bertz CT molecular complexity index is 1390. The molecule has 0 amide bonds. The van der Waals surface area contributed by atoms with Gasteiger partial charge in [-0.05, 0) is 61.3 Å². The Kier molecular flexibility index (Phi) is 8.73. The molecule has 0 bridgehead atoms. The maximum atomic E-state index is 5.85. The predicted octanol–water partition coefficient (Wildman–Crippen LogP) is 6.22. The third-order valence-corrected chi connectivity index (χ3v) is 6.03. The van der Waals surface area contributed by atoms with Gasteiger partial charge in [0.15, 0.2) is 5.76 Å². The normalized spacial score (nSPS) is 10.7. The fraction of sp³-hybridized carbons (Fsp3) is 0.296. The lowest BCUT2D eigenvalue weighted by molar-refractivity contribution is 0.391. The van der Waals surface area contributed by atoms with Crippen molar-refractivity contribution in [3.05, 3.63) is 72.2 Å². The molecule has 9 nitrogen and oxygen atoms in total. The van der Waals surface area contributed by atoms with Crippen molar-refractivity contribution in [3.8, 4) is 28.8 Å².